The minimum absolute atomic E-state index is 0.163. The molecule has 5 nitrogen and oxygen atoms in total. The molecule has 10 heteroatoms. The third kappa shape index (κ3) is 4.55. The van der Waals surface area contributed by atoms with Crippen molar-refractivity contribution >= 4 is 22.5 Å². The van der Waals surface area contributed by atoms with E-state index in [0.717, 1.165) is 34.4 Å². The van der Waals surface area contributed by atoms with Gasteiger partial charge >= 0.3 is 6.18 Å². The van der Waals surface area contributed by atoms with E-state index in [1.165, 1.54) is 6.07 Å². The van der Waals surface area contributed by atoms with Gasteiger partial charge in [0.2, 0.25) is 0 Å². The maximum atomic E-state index is 15.7. The lowest BCUT2D eigenvalue weighted by molar-refractivity contribution is -0.141. The number of hydrogen-bond acceptors (Lipinski definition) is 3. The second-order valence-electron chi connectivity index (χ2n) is 9.55. The molecule has 6 rings (SSSR count). The van der Waals surface area contributed by atoms with Crippen LogP contribution in [0.5, 0.6) is 0 Å². The first-order valence-electron chi connectivity index (χ1n) is 12.3. The Morgan fingerprint density at radius 1 is 1.00 bits per heavy atom. The van der Waals surface area contributed by atoms with Crippen LogP contribution < -0.4 is 0 Å². The molecule has 2 atom stereocenters. The van der Waals surface area contributed by atoms with Gasteiger partial charge in [0.05, 0.1) is 6.33 Å². The van der Waals surface area contributed by atoms with E-state index < -0.39 is 11.9 Å². The number of H-pyrrole nitrogens is 1. The highest BCUT2D eigenvalue weighted by molar-refractivity contribution is 6.31. The van der Waals surface area contributed by atoms with Crippen molar-refractivity contribution in [3.8, 4) is 5.69 Å². The summed E-state index contributed by atoms with van der Waals surface area (Å²) in [5.74, 6) is -0.862. The maximum absolute atomic E-state index is 15.7. The van der Waals surface area contributed by atoms with Crippen molar-refractivity contribution in [3.63, 3.8) is 0 Å². The number of benzene rings is 2. The maximum Gasteiger partial charge on any atom is 0.433 e. The fourth-order valence-corrected chi connectivity index (χ4v) is 5.62. The van der Waals surface area contributed by atoms with Crippen molar-refractivity contribution in [1.82, 2.24) is 24.5 Å². The van der Waals surface area contributed by atoms with Crippen LogP contribution in [0.2, 0.25) is 5.02 Å². The Hall–Kier alpha value is -3.72. The van der Waals surface area contributed by atoms with E-state index in [-0.39, 0.29) is 23.5 Å². The minimum Gasteiger partial charge on any atom is -0.358 e. The Morgan fingerprint density at radius 3 is 2.63 bits per heavy atom. The van der Waals surface area contributed by atoms with Crippen LogP contribution in [0.4, 0.5) is 17.6 Å². The first-order valence-corrected chi connectivity index (χ1v) is 12.6. The van der Waals surface area contributed by atoms with E-state index >= 15 is 4.39 Å². The SMILES string of the molecule is Fc1cc(-n2ccnc2)ccc1C1CCC(c2nccc(C(F)(F)F)n2)CCc2c1[nH]c1ccc(Cl)cc21. The molecule has 1 aliphatic rings. The largest absolute Gasteiger partial charge is 0.433 e. The molecule has 0 aliphatic heterocycles. The molecule has 0 amide bonds. The van der Waals surface area contributed by atoms with Crippen molar-refractivity contribution < 1.29 is 17.6 Å². The number of rotatable bonds is 3. The first kappa shape index (κ1) is 24.6. The van der Waals surface area contributed by atoms with Crippen molar-refractivity contribution in [2.24, 2.45) is 0 Å². The van der Waals surface area contributed by atoms with Gasteiger partial charge in [0, 0.05) is 57.7 Å². The molecule has 3 heterocycles. The van der Waals surface area contributed by atoms with E-state index in [1.807, 2.05) is 18.2 Å². The van der Waals surface area contributed by atoms with E-state index in [2.05, 4.69) is 19.9 Å². The lowest BCUT2D eigenvalue weighted by Crippen LogP contribution is -2.17. The lowest BCUT2D eigenvalue weighted by Gasteiger charge is -2.26. The van der Waals surface area contributed by atoms with Crippen LogP contribution in [0, 0.1) is 5.82 Å². The fraction of sp³-hybridized carbons (Fsp3) is 0.250. The van der Waals surface area contributed by atoms with Gasteiger partial charge in [-0.1, -0.05) is 17.7 Å². The first-order chi connectivity index (χ1) is 18.3. The van der Waals surface area contributed by atoms with Crippen molar-refractivity contribution in [2.75, 3.05) is 0 Å². The molecule has 1 aliphatic carbocycles. The van der Waals surface area contributed by atoms with Gasteiger partial charge in [-0.3, -0.25) is 0 Å². The predicted molar refractivity (Wildman–Crippen MR) is 136 cm³/mol. The molecule has 0 saturated carbocycles. The normalized spacial score (nSPS) is 18.2. The molecular formula is C28H22ClF4N5. The van der Waals surface area contributed by atoms with Gasteiger partial charge in [-0.05, 0) is 73.2 Å². The highest BCUT2D eigenvalue weighted by atomic mass is 35.5. The summed E-state index contributed by atoms with van der Waals surface area (Å²) in [7, 11) is 0. The van der Waals surface area contributed by atoms with Crippen molar-refractivity contribution in [3.05, 3.63) is 107 Å². The number of aromatic nitrogens is 5. The zero-order valence-electron chi connectivity index (χ0n) is 20.0. The number of hydrogen-bond donors (Lipinski definition) is 1. The Balaban J connectivity index is 1.44. The van der Waals surface area contributed by atoms with Gasteiger partial charge in [-0.2, -0.15) is 13.2 Å². The molecule has 3 aromatic heterocycles. The predicted octanol–water partition coefficient (Wildman–Crippen LogP) is 7.60. The van der Waals surface area contributed by atoms with Crippen molar-refractivity contribution in [1.29, 1.82) is 0 Å². The number of fused-ring (bicyclic) bond motifs is 3. The summed E-state index contributed by atoms with van der Waals surface area (Å²) in [4.78, 5) is 15.6. The van der Waals surface area contributed by atoms with Crippen LogP contribution in [0.25, 0.3) is 16.6 Å². The second-order valence-corrected chi connectivity index (χ2v) is 9.98. The fourth-order valence-electron chi connectivity index (χ4n) is 5.45. The molecule has 5 aromatic rings. The summed E-state index contributed by atoms with van der Waals surface area (Å²) in [5.41, 5.74) is 2.98. The molecule has 1 N–H and O–H groups in total. The molecule has 0 bridgehead atoms. The van der Waals surface area contributed by atoms with Crippen LogP contribution >= 0.6 is 11.6 Å². The summed E-state index contributed by atoms with van der Waals surface area (Å²) in [6.45, 7) is 0. The monoisotopic (exact) mass is 539 g/mol. The standard InChI is InChI=1S/C28H22ClF4N5/c29-17-3-8-24-22(13-17)21-6-2-16(27-35-10-9-25(37-27)28(31,32)33)1-5-20(26(21)36-24)19-7-4-18(14-23(19)30)38-12-11-34-15-38/h3-4,7-16,20,36H,1-2,5-6H2. The Labute approximate surface area is 220 Å². The molecular weight excluding hydrogens is 518 g/mol. The number of nitrogens with one attached hydrogen (secondary N) is 1. The number of aryl methyl sites for hydroxylation is 1. The topological polar surface area (TPSA) is 59.4 Å². The lowest BCUT2D eigenvalue weighted by atomic mass is 9.80. The Morgan fingerprint density at radius 2 is 1.87 bits per heavy atom. The summed E-state index contributed by atoms with van der Waals surface area (Å²) < 4.78 is 57.5. The average molecular weight is 540 g/mol. The molecule has 2 aromatic carbocycles. The Bertz CT molecular complexity index is 1610. The van der Waals surface area contributed by atoms with Crippen LogP contribution in [0.15, 0.2) is 67.4 Å². The number of halogens is 5. The van der Waals surface area contributed by atoms with Gasteiger partial charge in [0.1, 0.15) is 17.3 Å². The van der Waals surface area contributed by atoms with Crippen LogP contribution in [-0.2, 0) is 12.6 Å². The third-order valence-electron chi connectivity index (χ3n) is 7.29. The molecule has 2 unspecified atom stereocenters. The van der Waals surface area contributed by atoms with Gasteiger partial charge in [0.25, 0.3) is 0 Å². The quantitative estimate of drug-likeness (QED) is 0.240. The molecule has 0 fully saturated rings. The highest BCUT2D eigenvalue weighted by Gasteiger charge is 2.34. The van der Waals surface area contributed by atoms with E-state index in [4.69, 9.17) is 11.6 Å². The van der Waals surface area contributed by atoms with Crippen LogP contribution in [0.1, 0.15) is 59.4 Å². The number of alkyl halides is 3. The zero-order chi connectivity index (χ0) is 26.4. The van der Waals surface area contributed by atoms with Gasteiger partial charge in [0.15, 0.2) is 0 Å². The molecule has 194 valence electrons. The minimum atomic E-state index is -4.55. The summed E-state index contributed by atoms with van der Waals surface area (Å²) in [6, 6.07) is 11.5. The highest BCUT2D eigenvalue weighted by Crippen LogP contribution is 2.42. The molecule has 38 heavy (non-hydrogen) atoms. The molecule has 0 saturated heterocycles. The summed E-state index contributed by atoms with van der Waals surface area (Å²) >= 11 is 6.31. The zero-order valence-corrected chi connectivity index (χ0v) is 20.8. The number of aromatic amines is 1. The van der Waals surface area contributed by atoms with Gasteiger partial charge in [-0.15, -0.1) is 0 Å². The van der Waals surface area contributed by atoms with Crippen LogP contribution in [0.3, 0.4) is 0 Å². The average Bonchev–Trinajstić information content (AvgIpc) is 3.53. The smallest absolute Gasteiger partial charge is 0.358 e. The van der Waals surface area contributed by atoms with Gasteiger partial charge in [-0.25, -0.2) is 19.3 Å². The Kier molecular flexibility index (Phi) is 6.18. The van der Waals surface area contributed by atoms with E-state index in [1.54, 1.807) is 35.4 Å². The van der Waals surface area contributed by atoms with Gasteiger partial charge < -0.3 is 9.55 Å². The second kappa shape index (κ2) is 9.54. The van der Waals surface area contributed by atoms with E-state index in [0.29, 0.717) is 42.0 Å². The third-order valence-corrected chi connectivity index (χ3v) is 7.52. The van der Waals surface area contributed by atoms with Crippen LogP contribution in [-0.4, -0.2) is 24.5 Å². The number of imidazole rings is 1. The van der Waals surface area contributed by atoms with Crippen molar-refractivity contribution in [2.45, 2.75) is 43.7 Å². The molecule has 0 radical (unpaired) electrons. The van der Waals surface area contributed by atoms with E-state index in [9.17, 15) is 13.2 Å². The number of nitrogens with zero attached hydrogens (tertiary/aromatic N) is 4. The summed E-state index contributed by atoms with van der Waals surface area (Å²) in [6.07, 6.45) is 3.69. The molecule has 0 spiro atoms. The summed E-state index contributed by atoms with van der Waals surface area (Å²) in [5, 5.41) is 1.50.